The molecule has 1 fully saturated rings. The van der Waals surface area contributed by atoms with Gasteiger partial charge in [0.05, 0.1) is 13.1 Å². The molecule has 7 nitrogen and oxygen atoms in total. The first kappa shape index (κ1) is 13.7. The number of likely N-dealkylation sites (tertiary alicyclic amines) is 1. The summed E-state index contributed by atoms with van der Waals surface area (Å²) in [4.78, 5) is 23.0. The molecule has 1 aliphatic heterocycles. The number of carbonyl (C=O) groups excluding carboxylic acids is 1. The Kier molecular flexibility index (Phi) is 3.61. The number of methoxy groups -OCH3 is 1. The van der Waals surface area contributed by atoms with Crippen molar-refractivity contribution in [3.8, 4) is 0 Å². The molecular formula is C10H18N2O5. The van der Waals surface area contributed by atoms with Gasteiger partial charge in [0.2, 0.25) is 6.54 Å². The summed E-state index contributed by atoms with van der Waals surface area (Å²) in [7, 11) is 1.41. The van der Waals surface area contributed by atoms with Gasteiger partial charge in [-0.15, -0.1) is 0 Å². The summed E-state index contributed by atoms with van der Waals surface area (Å²) in [6, 6.07) is 0. The number of amides is 1. The summed E-state index contributed by atoms with van der Waals surface area (Å²) in [5.74, 6) is 0. The van der Waals surface area contributed by atoms with E-state index in [0.29, 0.717) is 0 Å². The van der Waals surface area contributed by atoms with Crippen LogP contribution in [0.1, 0.15) is 20.8 Å². The lowest BCUT2D eigenvalue weighted by Gasteiger charge is -2.46. The summed E-state index contributed by atoms with van der Waals surface area (Å²) in [5.41, 5.74) is -1.42. The summed E-state index contributed by atoms with van der Waals surface area (Å²) in [5, 5.41) is 10.5. The monoisotopic (exact) mass is 246 g/mol. The highest BCUT2D eigenvalue weighted by Gasteiger charge is 2.50. The third-order valence-corrected chi connectivity index (χ3v) is 2.46. The number of nitrogens with zero attached hydrogens (tertiary/aromatic N) is 2. The first-order valence-corrected chi connectivity index (χ1v) is 5.32. The second-order valence-electron chi connectivity index (χ2n) is 5.21. The second-order valence-corrected chi connectivity index (χ2v) is 5.21. The van der Waals surface area contributed by atoms with Crippen molar-refractivity contribution in [3.63, 3.8) is 0 Å². The molecule has 0 N–H and O–H groups in total. The molecule has 98 valence electrons. The van der Waals surface area contributed by atoms with Crippen molar-refractivity contribution in [2.24, 2.45) is 0 Å². The van der Waals surface area contributed by atoms with Crippen LogP contribution in [-0.2, 0) is 9.47 Å². The molecule has 1 heterocycles. The third-order valence-electron chi connectivity index (χ3n) is 2.46. The summed E-state index contributed by atoms with van der Waals surface area (Å²) >= 11 is 0. The molecular weight excluding hydrogens is 228 g/mol. The van der Waals surface area contributed by atoms with E-state index in [1.807, 2.05) is 0 Å². The minimum absolute atomic E-state index is 0.194. The molecule has 1 amide bonds. The van der Waals surface area contributed by atoms with E-state index in [0.717, 1.165) is 0 Å². The van der Waals surface area contributed by atoms with Crippen LogP contribution in [0, 0.1) is 10.1 Å². The van der Waals surface area contributed by atoms with E-state index in [4.69, 9.17) is 9.47 Å². The standard InChI is InChI=1S/C10H18N2O5/c1-9(2,3)17-8(13)11-5-10(6-11,16-4)7-12(14)15/h5-7H2,1-4H3. The Balaban J connectivity index is 2.49. The van der Waals surface area contributed by atoms with Gasteiger partial charge in [0.25, 0.3) is 0 Å². The molecule has 0 unspecified atom stereocenters. The highest BCUT2D eigenvalue weighted by molar-refractivity contribution is 5.69. The highest BCUT2D eigenvalue weighted by atomic mass is 16.6. The minimum Gasteiger partial charge on any atom is -0.444 e. The Morgan fingerprint density at radius 1 is 1.47 bits per heavy atom. The zero-order chi connectivity index (χ0) is 13.3. The van der Waals surface area contributed by atoms with Crippen molar-refractivity contribution in [3.05, 3.63) is 10.1 Å². The maximum Gasteiger partial charge on any atom is 0.410 e. The molecule has 0 aromatic carbocycles. The maximum absolute atomic E-state index is 11.6. The molecule has 1 aliphatic rings. The Hall–Kier alpha value is -1.37. The molecule has 0 aromatic rings. The van der Waals surface area contributed by atoms with Gasteiger partial charge < -0.3 is 14.4 Å². The molecule has 0 aromatic heterocycles. The molecule has 0 saturated carbocycles. The normalized spacial score (nSPS) is 18.5. The van der Waals surface area contributed by atoms with Crippen LogP contribution >= 0.6 is 0 Å². The van der Waals surface area contributed by atoms with Crippen LogP contribution in [0.4, 0.5) is 4.79 Å². The zero-order valence-corrected chi connectivity index (χ0v) is 10.6. The molecule has 1 rings (SSSR count). The van der Waals surface area contributed by atoms with Crippen molar-refractivity contribution >= 4 is 6.09 Å². The fourth-order valence-corrected chi connectivity index (χ4v) is 1.63. The third kappa shape index (κ3) is 3.55. The van der Waals surface area contributed by atoms with Gasteiger partial charge in [-0.25, -0.2) is 4.79 Å². The molecule has 0 atom stereocenters. The average Bonchev–Trinajstić information content (AvgIpc) is 2.06. The quantitative estimate of drug-likeness (QED) is 0.545. The molecule has 0 bridgehead atoms. The smallest absolute Gasteiger partial charge is 0.410 e. The summed E-state index contributed by atoms with van der Waals surface area (Å²) < 4.78 is 10.3. The SMILES string of the molecule is COC1(C[N+](=O)[O-])CN(C(=O)OC(C)(C)C)C1. The van der Waals surface area contributed by atoms with E-state index in [1.54, 1.807) is 20.8 Å². The van der Waals surface area contributed by atoms with Crippen LogP contribution in [0.15, 0.2) is 0 Å². The van der Waals surface area contributed by atoms with Crippen LogP contribution in [-0.4, -0.2) is 53.9 Å². The van der Waals surface area contributed by atoms with Gasteiger partial charge in [0.1, 0.15) is 5.60 Å². The topological polar surface area (TPSA) is 81.9 Å². The fourth-order valence-electron chi connectivity index (χ4n) is 1.63. The molecule has 0 aliphatic carbocycles. The summed E-state index contributed by atoms with van der Waals surface area (Å²) in [6.45, 7) is 5.39. The van der Waals surface area contributed by atoms with Gasteiger partial charge in [0, 0.05) is 12.0 Å². The van der Waals surface area contributed by atoms with E-state index in [-0.39, 0.29) is 19.6 Å². The van der Waals surface area contributed by atoms with E-state index in [9.17, 15) is 14.9 Å². The first-order valence-electron chi connectivity index (χ1n) is 5.32. The van der Waals surface area contributed by atoms with Crippen LogP contribution < -0.4 is 0 Å². The molecule has 7 heteroatoms. The summed E-state index contributed by atoms with van der Waals surface area (Å²) in [6.07, 6.45) is -0.464. The van der Waals surface area contributed by atoms with E-state index in [2.05, 4.69) is 0 Å². The van der Waals surface area contributed by atoms with Gasteiger partial charge in [-0.3, -0.25) is 10.1 Å². The Morgan fingerprint density at radius 3 is 2.35 bits per heavy atom. The molecule has 0 radical (unpaired) electrons. The van der Waals surface area contributed by atoms with Crippen molar-refractivity contribution in [2.75, 3.05) is 26.7 Å². The molecule has 1 saturated heterocycles. The van der Waals surface area contributed by atoms with Crippen LogP contribution in [0.5, 0.6) is 0 Å². The Bertz CT molecular complexity index is 317. The Labute approximate surface area is 99.8 Å². The van der Waals surface area contributed by atoms with Crippen LogP contribution in [0.2, 0.25) is 0 Å². The van der Waals surface area contributed by atoms with Gasteiger partial charge in [-0.05, 0) is 20.8 Å². The predicted molar refractivity (Wildman–Crippen MR) is 59.4 cm³/mol. The van der Waals surface area contributed by atoms with Crippen LogP contribution in [0.3, 0.4) is 0 Å². The highest BCUT2D eigenvalue weighted by Crippen LogP contribution is 2.26. The van der Waals surface area contributed by atoms with Gasteiger partial charge in [-0.1, -0.05) is 0 Å². The second kappa shape index (κ2) is 4.48. The predicted octanol–water partition coefficient (Wildman–Crippen LogP) is 0.899. The van der Waals surface area contributed by atoms with E-state index in [1.165, 1.54) is 12.0 Å². The van der Waals surface area contributed by atoms with Crippen molar-refractivity contribution in [1.29, 1.82) is 0 Å². The molecule has 17 heavy (non-hydrogen) atoms. The van der Waals surface area contributed by atoms with Gasteiger partial charge in [-0.2, -0.15) is 0 Å². The van der Waals surface area contributed by atoms with Crippen LogP contribution in [0.25, 0.3) is 0 Å². The first-order chi connectivity index (χ1) is 7.67. The number of hydrogen-bond donors (Lipinski definition) is 0. The fraction of sp³-hybridized carbons (Fsp3) is 0.900. The Morgan fingerprint density at radius 2 is 2.00 bits per heavy atom. The number of carbonyl (C=O) groups is 1. The minimum atomic E-state index is -0.861. The lowest BCUT2D eigenvalue weighted by Crippen LogP contribution is -2.67. The largest absolute Gasteiger partial charge is 0.444 e. The van der Waals surface area contributed by atoms with Crippen molar-refractivity contribution in [1.82, 2.24) is 4.90 Å². The zero-order valence-electron chi connectivity index (χ0n) is 10.6. The van der Waals surface area contributed by atoms with Gasteiger partial charge >= 0.3 is 6.09 Å². The number of nitro groups is 1. The average molecular weight is 246 g/mol. The van der Waals surface area contributed by atoms with Crippen molar-refractivity contribution < 1.29 is 19.2 Å². The number of ether oxygens (including phenoxy) is 2. The lowest BCUT2D eigenvalue weighted by molar-refractivity contribution is -0.506. The number of hydrogen-bond acceptors (Lipinski definition) is 5. The van der Waals surface area contributed by atoms with E-state index < -0.39 is 22.2 Å². The number of rotatable bonds is 3. The van der Waals surface area contributed by atoms with Gasteiger partial charge in [0.15, 0.2) is 5.60 Å². The molecule has 0 spiro atoms. The maximum atomic E-state index is 11.6. The van der Waals surface area contributed by atoms with E-state index >= 15 is 0 Å². The lowest BCUT2D eigenvalue weighted by atomic mass is 9.94. The van der Waals surface area contributed by atoms with Crippen molar-refractivity contribution in [2.45, 2.75) is 32.0 Å².